The van der Waals surface area contributed by atoms with Gasteiger partial charge in [0.25, 0.3) is 5.56 Å². The zero-order valence-corrected chi connectivity index (χ0v) is 18.5. The van der Waals surface area contributed by atoms with Crippen molar-refractivity contribution >= 4 is 40.3 Å². The first-order valence-corrected chi connectivity index (χ1v) is 11.6. The quantitative estimate of drug-likeness (QED) is 0.724. The normalized spacial score (nSPS) is 19.1. The van der Waals surface area contributed by atoms with Crippen LogP contribution in [0.25, 0.3) is 10.9 Å². The molecule has 0 radical (unpaired) electrons. The van der Waals surface area contributed by atoms with Crippen molar-refractivity contribution in [3.05, 3.63) is 39.0 Å². The Balaban J connectivity index is 1.67. The Hall–Kier alpha value is -2.75. The van der Waals surface area contributed by atoms with Crippen molar-refractivity contribution in [2.24, 2.45) is 11.7 Å². The van der Waals surface area contributed by atoms with E-state index in [2.05, 4.69) is 5.32 Å². The number of rotatable bonds is 5. The van der Waals surface area contributed by atoms with Gasteiger partial charge in [-0.2, -0.15) is 0 Å². The molecular formula is C21H27N5O4S. The molecule has 1 aromatic carbocycles. The van der Waals surface area contributed by atoms with E-state index < -0.39 is 11.2 Å². The number of carbonyl (C=O) groups is 2. The fraction of sp³-hybridized carbons (Fsp3) is 0.524. The van der Waals surface area contributed by atoms with E-state index in [1.54, 1.807) is 27.7 Å². The van der Waals surface area contributed by atoms with E-state index in [1.807, 2.05) is 13.8 Å². The molecule has 31 heavy (non-hydrogen) atoms. The molecule has 10 heteroatoms. The molecule has 166 valence electrons. The maximum Gasteiger partial charge on any atom is 0.331 e. The summed E-state index contributed by atoms with van der Waals surface area (Å²) in [6, 6.07) is 4.56. The molecule has 2 fully saturated rings. The van der Waals surface area contributed by atoms with Crippen LogP contribution >= 0.6 is 11.8 Å². The zero-order valence-electron chi connectivity index (χ0n) is 17.7. The molecule has 2 aliphatic rings. The highest BCUT2D eigenvalue weighted by molar-refractivity contribution is 8.00. The van der Waals surface area contributed by atoms with Gasteiger partial charge in [-0.1, -0.05) is 0 Å². The predicted octanol–water partition coefficient (Wildman–Crippen LogP) is 1.59. The van der Waals surface area contributed by atoms with Gasteiger partial charge in [-0.25, -0.2) is 9.59 Å². The fourth-order valence-electron chi connectivity index (χ4n) is 3.89. The Bertz CT molecular complexity index is 1150. The van der Waals surface area contributed by atoms with Crippen molar-refractivity contribution < 1.29 is 9.59 Å². The minimum Gasteiger partial charge on any atom is -0.369 e. The summed E-state index contributed by atoms with van der Waals surface area (Å²) in [4.78, 5) is 51.8. The molecule has 1 saturated heterocycles. The van der Waals surface area contributed by atoms with Crippen LogP contribution in [0.2, 0.25) is 0 Å². The van der Waals surface area contributed by atoms with Crippen molar-refractivity contribution in [3.63, 3.8) is 0 Å². The number of nitrogens with one attached hydrogen (secondary N) is 1. The third-order valence-electron chi connectivity index (χ3n) is 5.75. The molecule has 3 amide bonds. The van der Waals surface area contributed by atoms with E-state index in [-0.39, 0.29) is 29.9 Å². The highest BCUT2D eigenvalue weighted by Crippen LogP contribution is 2.30. The van der Waals surface area contributed by atoms with E-state index in [0.29, 0.717) is 41.4 Å². The molecule has 2 aromatic rings. The minimum absolute atomic E-state index is 0.113. The number of carbonyl (C=O) groups excluding carboxylic acids is 2. The topological polar surface area (TPSA) is 119 Å². The van der Waals surface area contributed by atoms with E-state index >= 15 is 0 Å². The molecule has 1 aliphatic carbocycles. The van der Waals surface area contributed by atoms with Gasteiger partial charge in [-0.3, -0.25) is 18.7 Å². The van der Waals surface area contributed by atoms with Gasteiger partial charge in [0, 0.05) is 37.1 Å². The van der Waals surface area contributed by atoms with Crippen LogP contribution in [0.5, 0.6) is 0 Å². The van der Waals surface area contributed by atoms with Crippen LogP contribution in [-0.2, 0) is 11.3 Å². The van der Waals surface area contributed by atoms with Crippen molar-refractivity contribution in [1.29, 1.82) is 0 Å². The average molecular weight is 446 g/mol. The number of hydrogen-bond acceptors (Lipinski definition) is 5. The molecular weight excluding hydrogens is 418 g/mol. The number of benzene rings is 1. The lowest BCUT2D eigenvalue weighted by Gasteiger charge is -2.30. The number of nitrogens with zero attached hydrogens (tertiary/aromatic N) is 3. The van der Waals surface area contributed by atoms with Gasteiger partial charge >= 0.3 is 11.7 Å². The largest absolute Gasteiger partial charge is 0.369 e. The molecule has 4 rings (SSSR count). The third kappa shape index (κ3) is 4.34. The van der Waals surface area contributed by atoms with Crippen LogP contribution in [0, 0.1) is 5.92 Å². The average Bonchev–Trinajstić information content (AvgIpc) is 3.55. The minimum atomic E-state index is -0.434. The van der Waals surface area contributed by atoms with E-state index in [0.717, 1.165) is 12.8 Å². The Morgan fingerprint density at radius 2 is 2.00 bits per heavy atom. The second kappa shape index (κ2) is 8.41. The van der Waals surface area contributed by atoms with Crippen LogP contribution in [-0.4, -0.2) is 50.1 Å². The van der Waals surface area contributed by atoms with Crippen molar-refractivity contribution in [2.75, 3.05) is 24.2 Å². The maximum absolute atomic E-state index is 13.1. The number of aromatic nitrogens is 2. The van der Waals surface area contributed by atoms with Crippen LogP contribution < -0.4 is 22.3 Å². The lowest BCUT2D eigenvalue weighted by atomic mass is 10.2. The van der Waals surface area contributed by atoms with Crippen LogP contribution in [0.4, 0.5) is 10.5 Å². The molecule has 2 heterocycles. The Labute approximate surface area is 183 Å². The van der Waals surface area contributed by atoms with E-state index in [1.165, 1.54) is 16.3 Å². The van der Waals surface area contributed by atoms with E-state index in [9.17, 15) is 19.2 Å². The Morgan fingerprint density at radius 3 is 2.65 bits per heavy atom. The molecule has 0 bridgehead atoms. The van der Waals surface area contributed by atoms with Crippen molar-refractivity contribution in [2.45, 2.75) is 44.5 Å². The second-order valence-electron chi connectivity index (χ2n) is 8.48. The Morgan fingerprint density at radius 1 is 1.26 bits per heavy atom. The lowest BCUT2D eigenvalue weighted by Crippen LogP contribution is -2.48. The summed E-state index contributed by atoms with van der Waals surface area (Å²) in [5.41, 5.74) is 5.78. The zero-order chi connectivity index (χ0) is 22.3. The van der Waals surface area contributed by atoms with E-state index in [4.69, 9.17) is 5.73 Å². The SMILES string of the molecule is CC(C)n1c(=O)n(CC2CC2)c(=O)c2cc(NC(=O)N3CCSC(C(N)=O)C3)ccc21. The van der Waals surface area contributed by atoms with Gasteiger partial charge in [-0.15, -0.1) is 11.8 Å². The standard InChI is InChI=1S/C21H27N5O4S/c1-12(2)26-16-6-5-14(23-20(29)24-7-8-31-17(11-24)18(22)27)9-15(16)19(28)25(21(26)30)10-13-3-4-13/h5-6,9,12-13,17H,3-4,7-8,10-11H2,1-2H3,(H2,22,27)(H,23,29). The number of anilines is 1. The summed E-state index contributed by atoms with van der Waals surface area (Å²) in [6.07, 6.45) is 2.06. The third-order valence-corrected chi connectivity index (χ3v) is 6.95. The number of amides is 3. The highest BCUT2D eigenvalue weighted by atomic mass is 32.2. The molecule has 1 saturated carbocycles. The number of hydrogen-bond donors (Lipinski definition) is 2. The first-order valence-electron chi connectivity index (χ1n) is 10.5. The summed E-state index contributed by atoms with van der Waals surface area (Å²) >= 11 is 1.45. The smallest absolute Gasteiger partial charge is 0.331 e. The molecule has 1 unspecified atom stereocenters. The highest BCUT2D eigenvalue weighted by Gasteiger charge is 2.28. The molecule has 0 spiro atoms. The summed E-state index contributed by atoms with van der Waals surface area (Å²) in [5, 5.41) is 2.79. The Kier molecular flexibility index (Phi) is 5.83. The monoisotopic (exact) mass is 445 g/mol. The molecule has 3 N–H and O–H groups in total. The fourth-order valence-corrected chi connectivity index (χ4v) is 4.95. The van der Waals surface area contributed by atoms with Crippen molar-refractivity contribution in [1.82, 2.24) is 14.0 Å². The number of urea groups is 1. The van der Waals surface area contributed by atoms with Crippen LogP contribution in [0.3, 0.4) is 0 Å². The summed E-state index contributed by atoms with van der Waals surface area (Å²) < 4.78 is 2.95. The molecule has 1 aliphatic heterocycles. The summed E-state index contributed by atoms with van der Waals surface area (Å²) in [7, 11) is 0. The lowest BCUT2D eigenvalue weighted by molar-refractivity contribution is -0.117. The molecule has 1 atom stereocenters. The first kappa shape index (κ1) is 21.5. The molecule has 1 aromatic heterocycles. The molecule has 9 nitrogen and oxygen atoms in total. The number of primary amides is 1. The summed E-state index contributed by atoms with van der Waals surface area (Å²) in [6.45, 7) is 5.00. The number of fused-ring (bicyclic) bond motifs is 1. The van der Waals surface area contributed by atoms with Gasteiger partial charge in [0.2, 0.25) is 5.91 Å². The van der Waals surface area contributed by atoms with Gasteiger partial charge in [-0.05, 0) is 50.8 Å². The predicted molar refractivity (Wildman–Crippen MR) is 122 cm³/mol. The van der Waals surface area contributed by atoms with Crippen molar-refractivity contribution in [3.8, 4) is 0 Å². The number of nitrogens with two attached hydrogens (primary N) is 1. The van der Waals surface area contributed by atoms with Gasteiger partial charge < -0.3 is 16.0 Å². The second-order valence-corrected chi connectivity index (χ2v) is 9.79. The van der Waals surface area contributed by atoms with Crippen LogP contribution in [0.1, 0.15) is 32.7 Å². The van der Waals surface area contributed by atoms with Gasteiger partial charge in [0.05, 0.1) is 10.9 Å². The first-order chi connectivity index (χ1) is 14.8. The maximum atomic E-state index is 13.1. The van der Waals surface area contributed by atoms with Gasteiger partial charge in [0.15, 0.2) is 0 Å². The van der Waals surface area contributed by atoms with Crippen LogP contribution in [0.15, 0.2) is 27.8 Å². The number of thioether (sulfide) groups is 1. The van der Waals surface area contributed by atoms with Gasteiger partial charge in [0.1, 0.15) is 5.25 Å². The summed E-state index contributed by atoms with van der Waals surface area (Å²) in [5.74, 6) is 0.572.